The minimum absolute atomic E-state index is 0.307. The summed E-state index contributed by atoms with van der Waals surface area (Å²) in [5.74, 6) is -0.188. The van der Waals surface area contributed by atoms with Gasteiger partial charge in [0.15, 0.2) is 0 Å². The fourth-order valence-electron chi connectivity index (χ4n) is 2.77. The Morgan fingerprint density at radius 3 is 2.75 bits per heavy atom. The van der Waals surface area contributed by atoms with Gasteiger partial charge >= 0.3 is 5.97 Å². The van der Waals surface area contributed by atoms with E-state index in [2.05, 4.69) is 6.92 Å². The first-order chi connectivity index (χ1) is 7.70. The van der Waals surface area contributed by atoms with Crippen LogP contribution in [0.25, 0.3) is 0 Å². The number of aromatic carboxylic acids is 1. The molecule has 1 atom stereocenters. The zero-order valence-electron chi connectivity index (χ0n) is 9.72. The Labute approximate surface area is 96.1 Å². The summed E-state index contributed by atoms with van der Waals surface area (Å²) in [6, 6.07) is 3.81. The van der Waals surface area contributed by atoms with E-state index in [-0.39, 0.29) is 0 Å². The van der Waals surface area contributed by atoms with E-state index in [1.807, 2.05) is 16.8 Å². The van der Waals surface area contributed by atoms with Crippen LogP contribution in [0.4, 0.5) is 0 Å². The molecule has 3 heteroatoms. The summed E-state index contributed by atoms with van der Waals surface area (Å²) >= 11 is 0. The van der Waals surface area contributed by atoms with Gasteiger partial charge in [-0.05, 0) is 37.8 Å². The average molecular weight is 221 g/mol. The van der Waals surface area contributed by atoms with Crippen molar-refractivity contribution in [3.8, 4) is 0 Å². The van der Waals surface area contributed by atoms with E-state index in [1.165, 1.54) is 32.1 Å². The lowest BCUT2D eigenvalue weighted by Crippen LogP contribution is -2.21. The Hall–Kier alpha value is -1.25. The van der Waals surface area contributed by atoms with Gasteiger partial charge in [0.1, 0.15) is 5.69 Å². The van der Waals surface area contributed by atoms with Gasteiger partial charge in [0.05, 0.1) is 0 Å². The number of hydrogen-bond donors (Lipinski definition) is 1. The Morgan fingerprint density at radius 2 is 2.12 bits per heavy atom. The lowest BCUT2D eigenvalue weighted by Gasteiger charge is -2.29. The maximum Gasteiger partial charge on any atom is 0.352 e. The summed E-state index contributed by atoms with van der Waals surface area (Å²) in [5.41, 5.74) is 0.415. The van der Waals surface area contributed by atoms with Gasteiger partial charge in [0, 0.05) is 12.2 Å². The number of aromatic nitrogens is 1. The number of rotatable bonds is 3. The molecule has 1 aliphatic rings. The number of nitrogens with zero attached hydrogens (tertiary/aromatic N) is 1. The highest BCUT2D eigenvalue weighted by Gasteiger charge is 2.23. The van der Waals surface area contributed by atoms with Crippen molar-refractivity contribution < 1.29 is 9.90 Å². The summed E-state index contributed by atoms with van der Waals surface area (Å²) in [6.07, 6.45) is 8.28. The number of carbonyl (C=O) groups is 1. The first-order valence-corrected chi connectivity index (χ1v) is 6.10. The van der Waals surface area contributed by atoms with E-state index in [0.29, 0.717) is 17.7 Å². The molecule has 1 fully saturated rings. The standard InChI is InChI=1S/C13H19NO2/c1-10(11-6-3-2-4-7-11)14-9-5-8-12(14)13(15)16/h5,8-11H,2-4,6-7H2,1H3,(H,15,16). The van der Waals surface area contributed by atoms with Crippen LogP contribution in [-0.2, 0) is 0 Å². The molecule has 0 spiro atoms. The fraction of sp³-hybridized carbons (Fsp3) is 0.615. The molecule has 1 aromatic rings. The molecule has 0 amide bonds. The van der Waals surface area contributed by atoms with Crippen molar-refractivity contribution in [3.05, 3.63) is 24.0 Å². The molecule has 88 valence electrons. The number of carboxylic acid groups (broad SMARTS) is 1. The third-order valence-corrected chi connectivity index (χ3v) is 3.77. The normalized spacial score (nSPS) is 19.6. The van der Waals surface area contributed by atoms with Crippen molar-refractivity contribution in [3.63, 3.8) is 0 Å². The van der Waals surface area contributed by atoms with Crippen LogP contribution in [0.5, 0.6) is 0 Å². The van der Waals surface area contributed by atoms with Crippen molar-refractivity contribution in [2.24, 2.45) is 5.92 Å². The van der Waals surface area contributed by atoms with Gasteiger partial charge in [-0.25, -0.2) is 4.79 Å². The Balaban J connectivity index is 2.15. The highest BCUT2D eigenvalue weighted by Crippen LogP contribution is 2.33. The smallest absolute Gasteiger partial charge is 0.352 e. The summed E-state index contributed by atoms with van der Waals surface area (Å²) in [4.78, 5) is 11.0. The summed E-state index contributed by atoms with van der Waals surface area (Å²) < 4.78 is 1.92. The molecule has 1 aromatic heterocycles. The third-order valence-electron chi connectivity index (χ3n) is 3.77. The van der Waals surface area contributed by atoms with Crippen molar-refractivity contribution in [2.75, 3.05) is 0 Å². The zero-order chi connectivity index (χ0) is 11.5. The Morgan fingerprint density at radius 1 is 1.44 bits per heavy atom. The molecule has 1 N–H and O–H groups in total. The van der Waals surface area contributed by atoms with Crippen molar-refractivity contribution in [1.82, 2.24) is 4.57 Å². The average Bonchev–Trinajstić information content (AvgIpc) is 2.78. The second-order valence-corrected chi connectivity index (χ2v) is 4.74. The minimum atomic E-state index is -0.826. The zero-order valence-corrected chi connectivity index (χ0v) is 9.72. The monoisotopic (exact) mass is 221 g/mol. The second kappa shape index (κ2) is 4.73. The quantitative estimate of drug-likeness (QED) is 0.850. The summed E-state index contributed by atoms with van der Waals surface area (Å²) in [5, 5.41) is 9.08. The molecular weight excluding hydrogens is 202 g/mol. The Bertz CT molecular complexity index is 364. The van der Waals surface area contributed by atoms with Gasteiger partial charge in [-0.2, -0.15) is 0 Å². The van der Waals surface area contributed by atoms with Gasteiger partial charge in [0.25, 0.3) is 0 Å². The van der Waals surface area contributed by atoms with E-state index in [4.69, 9.17) is 5.11 Å². The second-order valence-electron chi connectivity index (χ2n) is 4.74. The van der Waals surface area contributed by atoms with Crippen LogP contribution in [0.15, 0.2) is 18.3 Å². The van der Waals surface area contributed by atoms with E-state index in [1.54, 1.807) is 6.07 Å². The van der Waals surface area contributed by atoms with Gasteiger partial charge in [0.2, 0.25) is 0 Å². The first-order valence-electron chi connectivity index (χ1n) is 6.10. The highest BCUT2D eigenvalue weighted by atomic mass is 16.4. The van der Waals surface area contributed by atoms with E-state index in [0.717, 1.165) is 0 Å². The van der Waals surface area contributed by atoms with Crippen LogP contribution in [0.1, 0.15) is 55.6 Å². The predicted octanol–water partition coefficient (Wildman–Crippen LogP) is 3.33. The van der Waals surface area contributed by atoms with Gasteiger partial charge in [-0.15, -0.1) is 0 Å². The number of hydrogen-bond acceptors (Lipinski definition) is 1. The SMILES string of the molecule is CC(C1CCCCC1)n1cccc1C(=O)O. The predicted molar refractivity (Wildman–Crippen MR) is 62.7 cm³/mol. The van der Waals surface area contributed by atoms with E-state index >= 15 is 0 Å². The minimum Gasteiger partial charge on any atom is -0.477 e. The molecule has 0 aliphatic heterocycles. The molecule has 1 heterocycles. The Kier molecular flexibility index (Phi) is 3.32. The van der Waals surface area contributed by atoms with Gasteiger partial charge in [-0.3, -0.25) is 0 Å². The molecule has 2 rings (SSSR count). The summed E-state index contributed by atoms with van der Waals surface area (Å²) in [6.45, 7) is 2.14. The van der Waals surface area contributed by atoms with E-state index in [9.17, 15) is 4.79 Å². The van der Waals surface area contributed by atoms with Crippen molar-refractivity contribution in [1.29, 1.82) is 0 Å². The molecular formula is C13H19NO2. The van der Waals surface area contributed by atoms with Gasteiger partial charge < -0.3 is 9.67 Å². The maximum absolute atomic E-state index is 11.0. The summed E-state index contributed by atoms with van der Waals surface area (Å²) in [7, 11) is 0. The molecule has 0 bridgehead atoms. The van der Waals surface area contributed by atoms with Gasteiger partial charge in [-0.1, -0.05) is 19.3 Å². The van der Waals surface area contributed by atoms with Crippen LogP contribution in [0.2, 0.25) is 0 Å². The van der Waals surface area contributed by atoms with Crippen molar-refractivity contribution >= 4 is 5.97 Å². The van der Waals surface area contributed by atoms with Crippen LogP contribution >= 0.6 is 0 Å². The van der Waals surface area contributed by atoms with Crippen LogP contribution < -0.4 is 0 Å². The molecule has 1 saturated carbocycles. The molecule has 0 aromatic carbocycles. The molecule has 0 saturated heterocycles. The van der Waals surface area contributed by atoms with Crippen molar-refractivity contribution in [2.45, 2.75) is 45.1 Å². The molecule has 16 heavy (non-hydrogen) atoms. The fourth-order valence-corrected chi connectivity index (χ4v) is 2.77. The highest BCUT2D eigenvalue weighted by molar-refractivity contribution is 5.85. The first kappa shape index (κ1) is 11.2. The van der Waals surface area contributed by atoms with Crippen LogP contribution in [0, 0.1) is 5.92 Å². The lowest BCUT2D eigenvalue weighted by atomic mass is 9.84. The van der Waals surface area contributed by atoms with E-state index < -0.39 is 5.97 Å². The molecule has 1 unspecified atom stereocenters. The van der Waals surface area contributed by atoms with Crippen LogP contribution in [-0.4, -0.2) is 15.6 Å². The molecule has 1 aliphatic carbocycles. The molecule has 3 nitrogen and oxygen atoms in total. The largest absolute Gasteiger partial charge is 0.477 e. The number of carboxylic acids is 1. The topological polar surface area (TPSA) is 42.2 Å². The maximum atomic E-state index is 11.0. The molecule has 0 radical (unpaired) electrons. The lowest BCUT2D eigenvalue weighted by molar-refractivity contribution is 0.0679. The third kappa shape index (κ3) is 2.13. The van der Waals surface area contributed by atoms with Crippen LogP contribution in [0.3, 0.4) is 0 Å².